The van der Waals surface area contributed by atoms with Gasteiger partial charge in [-0.2, -0.15) is 0 Å². The minimum absolute atomic E-state index is 0.399. The fourth-order valence-corrected chi connectivity index (χ4v) is 5.34. The standard InChI is InChI=1S/C16H26O2/c1-2-4-15(5-3-1)17-18-16-13-7-11-6-12(9-13)10-14(16)8-11/h11-16H,1-10H2. The topological polar surface area (TPSA) is 18.5 Å². The molecular weight excluding hydrogens is 224 g/mol. The zero-order valence-corrected chi connectivity index (χ0v) is 11.4. The van der Waals surface area contributed by atoms with Gasteiger partial charge in [-0.05, 0) is 68.6 Å². The molecule has 18 heavy (non-hydrogen) atoms. The van der Waals surface area contributed by atoms with Crippen LogP contribution in [0.2, 0.25) is 0 Å². The normalized spacial score (nSPS) is 47.7. The maximum absolute atomic E-state index is 5.96. The minimum atomic E-state index is 0.399. The van der Waals surface area contributed by atoms with E-state index in [2.05, 4.69) is 0 Å². The highest BCUT2D eigenvalue weighted by Crippen LogP contribution is 2.54. The van der Waals surface area contributed by atoms with E-state index in [1.54, 1.807) is 0 Å². The molecule has 5 saturated carbocycles. The van der Waals surface area contributed by atoms with Crippen molar-refractivity contribution in [3.8, 4) is 0 Å². The molecule has 5 aliphatic carbocycles. The lowest BCUT2D eigenvalue weighted by atomic mass is 9.55. The van der Waals surface area contributed by atoms with Gasteiger partial charge in [0.15, 0.2) is 0 Å². The maximum Gasteiger partial charge on any atom is 0.0986 e. The summed E-state index contributed by atoms with van der Waals surface area (Å²) < 4.78 is 0. The van der Waals surface area contributed by atoms with Crippen LogP contribution in [0.4, 0.5) is 0 Å². The fraction of sp³-hybridized carbons (Fsp3) is 1.00. The molecule has 2 heteroatoms. The highest BCUT2D eigenvalue weighted by atomic mass is 17.2. The van der Waals surface area contributed by atoms with Crippen LogP contribution in [0, 0.1) is 23.7 Å². The molecule has 0 atom stereocenters. The van der Waals surface area contributed by atoms with Crippen LogP contribution in [0.1, 0.15) is 64.2 Å². The van der Waals surface area contributed by atoms with Crippen molar-refractivity contribution in [2.45, 2.75) is 76.4 Å². The molecular formula is C16H26O2. The molecule has 0 unspecified atom stereocenters. The minimum Gasteiger partial charge on any atom is -0.233 e. The Bertz CT molecular complexity index is 267. The molecule has 102 valence electrons. The molecule has 5 fully saturated rings. The number of rotatable bonds is 3. The highest BCUT2D eigenvalue weighted by Gasteiger charge is 2.49. The van der Waals surface area contributed by atoms with E-state index in [0.29, 0.717) is 12.2 Å². The lowest BCUT2D eigenvalue weighted by Crippen LogP contribution is -2.49. The third-order valence-electron chi connectivity index (χ3n) is 6.00. The Hall–Kier alpha value is -0.0800. The summed E-state index contributed by atoms with van der Waals surface area (Å²) in [5.74, 6) is 3.71. The van der Waals surface area contributed by atoms with Crippen LogP contribution in [-0.4, -0.2) is 12.2 Å². The number of hydrogen-bond acceptors (Lipinski definition) is 2. The predicted molar refractivity (Wildman–Crippen MR) is 69.9 cm³/mol. The van der Waals surface area contributed by atoms with E-state index in [4.69, 9.17) is 9.78 Å². The molecule has 0 saturated heterocycles. The van der Waals surface area contributed by atoms with Gasteiger partial charge in [-0.25, -0.2) is 9.78 Å². The summed E-state index contributed by atoms with van der Waals surface area (Å²) in [5, 5.41) is 0. The Kier molecular flexibility index (Phi) is 3.12. The summed E-state index contributed by atoms with van der Waals surface area (Å²) in [5.41, 5.74) is 0. The van der Waals surface area contributed by atoms with Crippen molar-refractivity contribution >= 4 is 0 Å². The Balaban J connectivity index is 1.34. The molecule has 0 amide bonds. The zero-order valence-electron chi connectivity index (χ0n) is 11.4. The molecule has 4 bridgehead atoms. The first kappa shape index (κ1) is 11.7. The monoisotopic (exact) mass is 250 g/mol. The second-order valence-corrected chi connectivity index (χ2v) is 7.35. The number of hydrogen-bond donors (Lipinski definition) is 0. The van der Waals surface area contributed by atoms with E-state index in [9.17, 15) is 0 Å². The highest BCUT2D eigenvalue weighted by molar-refractivity contribution is 4.98. The van der Waals surface area contributed by atoms with Gasteiger partial charge in [0.05, 0.1) is 12.2 Å². The van der Waals surface area contributed by atoms with Crippen LogP contribution in [0.15, 0.2) is 0 Å². The third-order valence-corrected chi connectivity index (χ3v) is 6.00. The van der Waals surface area contributed by atoms with E-state index in [0.717, 1.165) is 23.7 Å². The lowest BCUT2D eigenvalue weighted by Gasteiger charge is -2.53. The van der Waals surface area contributed by atoms with Crippen molar-refractivity contribution in [3.05, 3.63) is 0 Å². The second-order valence-electron chi connectivity index (χ2n) is 7.35. The Morgan fingerprint density at radius 3 is 1.83 bits per heavy atom. The molecule has 0 aliphatic heterocycles. The average Bonchev–Trinajstić information content (AvgIpc) is 2.38. The predicted octanol–water partition coefficient (Wildman–Crippen LogP) is 4.09. The van der Waals surface area contributed by atoms with E-state index in [-0.39, 0.29) is 0 Å². The van der Waals surface area contributed by atoms with Gasteiger partial charge < -0.3 is 0 Å². The summed E-state index contributed by atoms with van der Waals surface area (Å²) in [6, 6.07) is 0. The molecule has 0 aromatic carbocycles. The second kappa shape index (κ2) is 4.79. The molecule has 0 aromatic heterocycles. The van der Waals surface area contributed by atoms with Gasteiger partial charge in [0.1, 0.15) is 0 Å². The Labute approximate surface area is 110 Å². The van der Waals surface area contributed by atoms with Gasteiger partial charge in [0.25, 0.3) is 0 Å². The molecule has 5 rings (SSSR count). The SMILES string of the molecule is C1CCC(OOC2C3CC4CC(C3)CC2C4)CC1. The molecule has 0 heterocycles. The van der Waals surface area contributed by atoms with Gasteiger partial charge in [0, 0.05) is 0 Å². The molecule has 5 aliphatic rings. The van der Waals surface area contributed by atoms with Crippen molar-refractivity contribution in [2.75, 3.05) is 0 Å². The van der Waals surface area contributed by atoms with E-state index in [1.807, 2.05) is 0 Å². The van der Waals surface area contributed by atoms with Gasteiger partial charge >= 0.3 is 0 Å². The quantitative estimate of drug-likeness (QED) is 0.555. The Morgan fingerprint density at radius 1 is 0.611 bits per heavy atom. The smallest absolute Gasteiger partial charge is 0.0986 e. The average molecular weight is 250 g/mol. The molecule has 0 N–H and O–H groups in total. The van der Waals surface area contributed by atoms with Gasteiger partial charge in [-0.3, -0.25) is 0 Å². The van der Waals surface area contributed by atoms with E-state index < -0.39 is 0 Å². The van der Waals surface area contributed by atoms with Crippen molar-refractivity contribution in [2.24, 2.45) is 23.7 Å². The van der Waals surface area contributed by atoms with Crippen molar-refractivity contribution in [1.29, 1.82) is 0 Å². The first-order valence-electron chi connectivity index (χ1n) is 8.20. The summed E-state index contributed by atoms with van der Waals surface area (Å²) in [6.07, 6.45) is 14.5. The van der Waals surface area contributed by atoms with Crippen LogP contribution >= 0.6 is 0 Å². The summed E-state index contributed by atoms with van der Waals surface area (Å²) in [6.45, 7) is 0. The maximum atomic E-state index is 5.96. The van der Waals surface area contributed by atoms with Crippen LogP contribution in [0.3, 0.4) is 0 Å². The van der Waals surface area contributed by atoms with Crippen molar-refractivity contribution in [1.82, 2.24) is 0 Å². The first-order valence-corrected chi connectivity index (χ1v) is 8.20. The first-order chi connectivity index (χ1) is 8.88. The molecule has 0 radical (unpaired) electrons. The summed E-state index contributed by atoms with van der Waals surface area (Å²) in [4.78, 5) is 11.8. The lowest BCUT2D eigenvalue weighted by molar-refractivity contribution is -0.383. The van der Waals surface area contributed by atoms with Gasteiger partial charge in [-0.1, -0.05) is 19.3 Å². The fourth-order valence-electron chi connectivity index (χ4n) is 5.34. The van der Waals surface area contributed by atoms with Crippen LogP contribution in [0.5, 0.6) is 0 Å². The van der Waals surface area contributed by atoms with Crippen molar-refractivity contribution in [3.63, 3.8) is 0 Å². The van der Waals surface area contributed by atoms with Crippen LogP contribution in [-0.2, 0) is 9.78 Å². The summed E-state index contributed by atoms with van der Waals surface area (Å²) >= 11 is 0. The molecule has 0 spiro atoms. The Morgan fingerprint density at radius 2 is 1.22 bits per heavy atom. The summed E-state index contributed by atoms with van der Waals surface area (Å²) in [7, 11) is 0. The van der Waals surface area contributed by atoms with E-state index in [1.165, 1.54) is 64.2 Å². The molecule has 0 aromatic rings. The van der Waals surface area contributed by atoms with Gasteiger partial charge in [0.2, 0.25) is 0 Å². The largest absolute Gasteiger partial charge is 0.233 e. The van der Waals surface area contributed by atoms with Crippen LogP contribution < -0.4 is 0 Å². The van der Waals surface area contributed by atoms with E-state index >= 15 is 0 Å². The third kappa shape index (κ3) is 2.12. The molecule has 2 nitrogen and oxygen atoms in total. The zero-order chi connectivity index (χ0) is 11.9. The van der Waals surface area contributed by atoms with Crippen LogP contribution in [0.25, 0.3) is 0 Å². The van der Waals surface area contributed by atoms with Crippen molar-refractivity contribution < 1.29 is 9.78 Å². The van der Waals surface area contributed by atoms with Gasteiger partial charge in [-0.15, -0.1) is 0 Å².